The molecule has 0 aliphatic rings. The number of nitrogens with one attached hydrogen (secondary N) is 1. The summed E-state index contributed by atoms with van der Waals surface area (Å²) < 4.78 is 5.59. The maximum absolute atomic E-state index is 12.4. The highest BCUT2D eigenvalue weighted by atomic mass is 16.3. The Labute approximate surface area is 123 Å². The lowest BCUT2D eigenvalue weighted by molar-refractivity contribution is 0.0998. The lowest BCUT2D eigenvalue weighted by Gasteiger charge is -2.11. The second kappa shape index (κ2) is 5.09. The van der Waals surface area contributed by atoms with Crippen molar-refractivity contribution in [2.24, 2.45) is 0 Å². The highest BCUT2D eigenvalue weighted by Crippen LogP contribution is 2.24. The first-order valence-corrected chi connectivity index (χ1v) is 6.92. The number of benzene rings is 2. The third-order valence-electron chi connectivity index (χ3n) is 3.56. The molecule has 0 spiro atoms. The monoisotopic (exact) mass is 279 g/mol. The van der Waals surface area contributed by atoms with Crippen LogP contribution in [-0.2, 0) is 0 Å². The molecule has 0 aliphatic heterocycles. The largest absolute Gasteiger partial charge is 0.451 e. The van der Waals surface area contributed by atoms with E-state index >= 15 is 0 Å². The first-order chi connectivity index (χ1) is 10.0. The van der Waals surface area contributed by atoms with E-state index in [1.165, 1.54) is 5.56 Å². The van der Waals surface area contributed by atoms with Gasteiger partial charge < -0.3 is 9.73 Å². The van der Waals surface area contributed by atoms with Crippen LogP contribution in [0.3, 0.4) is 0 Å². The molecule has 3 aromatic rings. The Morgan fingerprint density at radius 1 is 1.00 bits per heavy atom. The van der Waals surface area contributed by atoms with Crippen molar-refractivity contribution in [1.29, 1.82) is 0 Å². The number of para-hydroxylation sites is 1. The Morgan fingerprint density at radius 3 is 2.33 bits per heavy atom. The zero-order chi connectivity index (χ0) is 15.0. The topological polar surface area (TPSA) is 42.2 Å². The molecule has 1 heterocycles. The van der Waals surface area contributed by atoms with Gasteiger partial charge >= 0.3 is 0 Å². The van der Waals surface area contributed by atoms with Crippen molar-refractivity contribution in [1.82, 2.24) is 0 Å². The standard InChI is InChI=1S/C18H17NO2/c1-11-8-12(2)17(13(3)9-11)19-18(20)16-10-14-6-4-5-7-15(14)21-16/h4-10H,1-3H3,(H,19,20). The molecule has 3 rings (SSSR count). The van der Waals surface area contributed by atoms with Crippen molar-refractivity contribution in [3.05, 3.63) is 64.9 Å². The molecular formula is C18H17NO2. The molecule has 0 atom stereocenters. The molecule has 1 N–H and O–H groups in total. The van der Waals surface area contributed by atoms with Gasteiger partial charge in [-0.15, -0.1) is 0 Å². The Morgan fingerprint density at radius 2 is 1.67 bits per heavy atom. The molecule has 0 saturated carbocycles. The lowest BCUT2D eigenvalue weighted by atomic mass is 10.1. The van der Waals surface area contributed by atoms with Gasteiger partial charge in [0, 0.05) is 11.1 Å². The van der Waals surface area contributed by atoms with E-state index in [4.69, 9.17) is 4.42 Å². The SMILES string of the molecule is Cc1cc(C)c(NC(=O)c2cc3ccccc3o2)c(C)c1. The summed E-state index contributed by atoms with van der Waals surface area (Å²) in [5.74, 6) is 0.108. The summed E-state index contributed by atoms with van der Waals surface area (Å²) in [5, 5.41) is 3.88. The Bertz CT molecular complexity index is 774. The number of aryl methyl sites for hydroxylation is 3. The van der Waals surface area contributed by atoms with Gasteiger partial charge in [-0.1, -0.05) is 35.9 Å². The van der Waals surface area contributed by atoms with Gasteiger partial charge in [-0.05, 0) is 44.0 Å². The summed E-state index contributed by atoms with van der Waals surface area (Å²) in [6.45, 7) is 6.04. The second-order valence-electron chi connectivity index (χ2n) is 5.38. The molecule has 0 fully saturated rings. The van der Waals surface area contributed by atoms with Crippen LogP contribution in [0.2, 0.25) is 0 Å². The van der Waals surface area contributed by atoms with Crippen LogP contribution in [0.1, 0.15) is 27.2 Å². The van der Waals surface area contributed by atoms with Crippen molar-refractivity contribution in [2.45, 2.75) is 20.8 Å². The fourth-order valence-corrected chi connectivity index (χ4v) is 2.65. The number of rotatable bonds is 2. The van der Waals surface area contributed by atoms with Crippen LogP contribution in [0.4, 0.5) is 5.69 Å². The van der Waals surface area contributed by atoms with Crippen molar-refractivity contribution >= 4 is 22.6 Å². The molecule has 106 valence electrons. The van der Waals surface area contributed by atoms with Crippen LogP contribution in [0, 0.1) is 20.8 Å². The summed E-state index contributed by atoms with van der Waals surface area (Å²) in [7, 11) is 0. The molecule has 0 saturated heterocycles. The molecule has 3 nitrogen and oxygen atoms in total. The Balaban J connectivity index is 1.93. The number of fused-ring (bicyclic) bond motifs is 1. The number of amides is 1. The lowest BCUT2D eigenvalue weighted by Crippen LogP contribution is -2.13. The first kappa shape index (κ1) is 13.4. The normalized spacial score (nSPS) is 10.8. The predicted octanol–water partition coefficient (Wildman–Crippen LogP) is 4.61. The molecule has 0 radical (unpaired) electrons. The van der Waals surface area contributed by atoms with Crippen LogP contribution < -0.4 is 5.32 Å². The molecule has 1 amide bonds. The average molecular weight is 279 g/mol. The fraction of sp³-hybridized carbons (Fsp3) is 0.167. The smallest absolute Gasteiger partial charge is 0.291 e. The minimum Gasteiger partial charge on any atom is -0.451 e. The van der Waals surface area contributed by atoms with Crippen LogP contribution in [0.15, 0.2) is 46.9 Å². The number of hydrogen-bond donors (Lipinski definition) is 1. The van der Waals surface area contributed by atoms with E-state index in [1.54, 1.807) is 6.07 Å². The molecule has 2 aromatic carbocycles. The number of carbonyl (C=O) groups is 1. The van der Waals surface area contributed by atoms with E-state index in [2.05, 4.69) is 17.4 Å². The third-order valence-corrected chi connectivity index (χ3v) is 3.56. The maximum Gasteiger partial charge on any atom is 0.291 e. The quantitative estimate of drug-likeness (QED) is 0.744. The zero-order valence-corrected chi connectivity index (χ0v) is 12.4. The van der Waals surface area contributed by atoms with E-state index in [0.717, 1.165) is 27.8 Å². The van der Waals surface area contributed by atoms with Crippen LogP contribution >= 0.6 is 0 Å². The Kier molecular flexibility index (Phi) is 3.26. The minimum atomic E-state index is -0.221. The molecular weight excluding hydrogens is 262 g/mol. The van der Waals surface area contributed by atoms with Crippen molar-refractivity contribution in [2.75, 3.05) is 5.32 Å². The molecule has 21 heavy (non-hydrogen) atoms. The van der Waals surface area contributed by atoms with Gasteiger partial charge in [0.15, 0.2) is 5.76 Å². The van der Waals surface area contributed by atoms with Gasteiger partial charge in [0.2, 0.25) is 0 Å². The van der Waals surface area contributed by atoms with E-state index in [0.29, 0.717) is 5.76 Å². The predicted molar refractivity (Wildman–Crippen MR) is 84.8 cm³/mol. The summed E-state index contributed by atoms with van der Waals surface area (Å²) >= 11 is 0. The molecule has 0 bridgehead atoms. The van der Waals surface area contributed by atoms with E-state index < -0.39 is 0 Å². The van der Waals surface area contributed by atoms with Crippen molar-refractivity contribution in [3.8, 4) is 0 Å². The molecule has 3 heteroatoms. The Hall–Kier alpha value is -2.55. The average Bonchev–Trinajstić information content (AvgIpc) is 2.86. The third kappa shape index (κ3) is 2.55. The summed E-state index contributed by atoms with van der Waals surface area (Å²) in [6.07, 6.45) is 0. The van der Waals surface area contributed by atoms with E-state index in [-0.39, 0.29) is 5.91 Å². The van der Waals surface area contributed by atoms with Crippen LogP contribution in [-0.4, -0.2) is 5.91 Å². The van der Waals surface area contributed by atoms with Gasteiger partial charge in [0.1, 0.15) is 5.58 Å². The number of anilines is 1. The van der Waals surface area contributed by atoms with Gasteiger partial charge in [0.25, 0.3) is 5.91 Å². The molecule has 0 aliphatic carbocycles. The maximum atomic E-state index is 12.4. The van der Waals surface area contributed by atoms with Crippen molar-refractivity contribution < 1.29 is 9.21 Å². The molecule has 0 unspecified atom stereocenters. The minimum absolute atomic E-state index is 0.221. The van der Waals surface area contributed by atoms with E-state index in [9.17, 15) is 4.79 Å². The zero-order valence-electron chi connectivity index (χ0n) is 12.4. The highest BCUT2D eigenvalue weighted by molar-refractivity contribution is 6.05. The number of furan rings is 1. The second-order valence-corrected chi connectivity index (χ2v) is 5.38. The summed E-state index contributed by atoms with van der Waals surface area (Å²) in [6, 6.07) is 13.5. The van der Waals surface area contributed by atoms with Gasteiger partial charge in [-0.25, -0.2) is 0 Å². The van der Waals surface area contributed by atoms with Gasteiger partial charge in [-0.2, -0.15) is 0 Å². The number of carbonyl (C=O) groups excluding carboxylic acids is 1. The van der Waals surface area contributed by atoms with E-state index in [1.807, 2.05) is 45.0 Å². The van der Waals surface area contributed by atoms with Gasteiger partial charge in [-0.3, -0.25) is 4.79 Å². The van der Waals surface area contributed by atoms with Gasteiger partial charge in [0.05, 0.1) is 0 Å². The summed E-state index contributed by atoms with van der Waals surface area (Å²) in [4.78, 5) is 12.4. The summed E-state index contributed by atoms with van der Waals surface area (Å²) in [5.41, 5.74) is 4.87. The first-order valence-electron chi connectivity index (χ1n) is 6.92. The van der Waals surface area contributed by atoms with Crippen LogP contribution in [0.25, 0.3) is 11.0 Å². The fourth-order valence-electron chi connectivity index (χ4n) is 2.65. The van der Waals surface area contributed by atoms with Crippen LogP contribution in [0.5, 0.6) is 0 Å². The highest BCUT2D eigenvalue weighted by Gasteiger charge is 2.14. The molecule has 1 aromatic heterocycles. The van der Waals surface area contributed by atoms with Crippen molar-refractivity contribution in [3.63, 3.8) is 0 Å². The number of hydrogen-bond acceptors (Lipinski definition) is 2.